The van der Waals surface area contributed by atoms with Crippen molar-refractivity contribution in [3.8, 4) is 0 Å². The predicted octanol–water partition coefficient (Wildman–Crippen LogP) is 2.90. The molecule has 0 atom stereocenters. The molecule has 0 saturated carbocycles. The number of fused-ring (bicyclic) bond motifs is 1. The van der Waals surface area contributed by atoms with Gasteiger partial charge in [-0.2, -0.15) is 0 Å². The number of hydrogen-bond donors (Lipinski definition) is 1. The van der Waals surface area contributed by atoms with Gasteiger partial charge in [0.25, 0.3) is 0 Å². The van der Waals surface area contributed by atoms with Gasteiger partial charge in [-0.3, -0.25) is 4.98 Å². The molecule has 4 nitrogen and oxygen atoms in total. The molecule has 0 radical (unpaired) electrons. The molecule has 0 amide bonds. The summed E-state index contributed by atoms with van der Waals surface area (Å²) in [5, 5.41) is 2.04. The van der Waals surface area contributed by atoms with Crippen molar-refractivity contribution in [2.24, 2.45) is 0 Å². The van der Waals surface area contributed by atoms with Crippen LogP contribution >= 0.6 is 11.8 Å². The molecule has 3 rings (SSSR count). The maximum atomic E-state index is 5.74. The number of anilines is 1. The van der Waals surface area contributed by atoms with Crippen molar-refractivity contribution in [2.45, 2.75) is 10.8 Å². The smallest absolute Gasteiger partial charge is 0.117 e. The fourth-order valence-corrected chi connectivity index (χ4v) is 2.71. The molecular weight excluding hydrogens is 256 g/mol. The van der Waals surface area contributed by atoms with Crippen LogP contribution in [0.1, 0.15) is 5.69 Å². The van der Waals surface area contributed by atoms with Gasteiger partial charge in [0, 0.05) is 23.0 Å². The van der Waals surface area contributed by atoms with Crippen LogP contribution in [-0.2, 0) is 5.75 Å². The Morgan fingerprint density at radius 3 is 2.84 bits per heavy atom. The summed E-state index contributed by atoms with van der Waals surface area (Å²) < 4.78 is 0. The Kier molecular flexibility index (Phi) is 3.29. The molecule has 0 aliphatic heterocycles. The quantitative estimate of drug-likeness (QED) is 0.584. The van der Waals surface area contributed by atoms with E-state index in [1.807, 2.05) is 30.3 Å². The first kappa shape index (κ1) is 11.9. The van der Waals surface area contributed by atoms with Crippen molar-refractivity contribution >= 4 is 28.4 Å². The number of hydrogen-bond acceptors (Lipinski definition) is 5. The van der Waals surface area contributed by atoms with Crippen LogP contribution in [0.5, 0.6) is 0 Å². The first-order valence-corrected chi connectivity index (χ1v) is 6.84. The van der Waals surface area contributed by atoms with Crippen molar-refractivity contribution in [3.05, 3.63) is 54.6 Å². The van der Waals surface area contributed by atoms with Crippen LogP contribution in [0.4, 0.5) is 5.69 Å². The van der Waals surface area contributed by atoms with Crippen molar-refractivity contribution in [3.63, 3.8) is 0 Å². The van der Waals surface area contributed by atoms with Crippen molar-refractivity contribution in [2.75, 3.05) is 5.73 Å². The summed E-state index contributed by atoms with van der Waals surface area (Å²) >= 11 is 1.64. The molecule has 5 heteroatoms. The van der Waals surface area contributed by atoms with E-state index < -0.39 is 0 Å². The lowest BCUT2D eigenvalue weighted by molar-refractivity contribution is 1.09. The van der Waals surface area contributed by atoms with E-state index in [9.17, 15) is 0 Å². The third kappa shape index (κ3) is 2.66. The Hall–Kier alpha value is -2.14. The van der Waals surface area contributed by atoms with E-state index in [2.05, 4.69) is 15.0 Å². The zero-order valence-corrected chi connectivity index (χ0v) is 11.0. The minimum Gasteiger partial charge on any atom is -0.399 e. The molecule has 2 aromatic heterocycles. The van der Waals surface area contributed by atoms with Gasteiger partial charge in [0.15, 0.2) is 0 Å². The summed E-state index contributed by atoms with van der Waals surface area (Å²) in [6.07, 6.45) is 3.32. The van der Waals surface area contributed by atoms with Crippen molar-refractivity contribution in [1.29, 1.82) is 0 Å². The highest BCUT2D eigenvalue weighted by Crippen LogP contribution is 2.26. The Morgan fingerprint density at radius 1 is 1.05 bits per heavy atom. The summed E-state index contributed by atoms with van der Waals surface area (Å²) in [6.45, 7) is 0. The minimum atomic E-state index is 0.734. The van der Waals surface area contributed by atoms with E-state index in [0.717, 1.165) is 33.1 Å². The number of para-hydroxylation sites is 1. The molecule has 0 saturated heterocycles. The van der Waals surface area contributed by atoms with Gasteiger partial charge in [0.1, 0.15) is 11.4 Å². The lowest BCUT2D eigenvalue weighted by Crippen LogP contribution is -1.92. The number of nitrogens with zero attached hydrogens (tertiary/aromatic N) is 3. The Labute approximate surface area is 115 Å². The van der Waals surface area contributed by atoms with E-state index >= 15 is 0 Å². The van der Waals surface area contributed by atoms with Crippen LogP contribution in [0.3, 0.4) is 0 Å². The highest BCUT2D eigenvalue weighted by Gasteiger charge is 2.04. The molecule has 0 unspecified atom stereocenters. The second-order valence-electron chi connectivity index (χ2n) is 4.07. The van der Waals surface area contributed by atoms with Crippen LogP contribution in [0.15, 0.2) is 53.9 Å². The summed E-state index contributed by atoms with van der Waals surface area (Å²) in [7, 11) is 0. The molecule has 94 valence electrons. The van der Waals surface area contributed by atoms with Crippen LogP contribution in [0.2, 0.25) is 0 Å². The zero-order chi connectivity index (χ0) is 13.1. The van der Waals surface area contributed by atoms with Gasteiger partial charge in [-0.1, -0.05) is 30.0 Å². The van der Waals surface area contributed by atoms with Crippen molar-refractivity contribution < 1.29 is 0 Å². The highest BCUT2D eigenvalue weighted by atomic mass is 32.2. The number of pyridine rings is 1. The molecule has 0 spiro atoms. The van der Waals surface area contributed by atoms with Crippen LogP contribution < -0.4 is 5.73 Å². The maximum Gasteiger partial charge on any atom is 0.117 e. The number of aromatic nitrogens is 3. The monoisotopic (exact) mass is 268 g/mol. The van der Waals surface area contributed by atoms with Crippen LogP contribution in [0, 0.1) is 0 Å². The largest absolute Gasteiger partial charge is 0.399 e. The normalized spacial score (nSPS) is 10.7. The van der Waals surface area contributed by atoms with E-state index in [1.165, 1.54) is 0 Å². The van der Waals surface area contributed by atoms with Crippen molar-refractivity contribution in [1.82, 2.24) is 15.0 Å². The van der Waals surface area contributed by atoms with E-state index in [0.29, 0.717) is 0 Å². The number of rotatable bonds is 3. The zero-order valence-electron chi connectivity index (χ0n) is 10.2. The predicted molar refractivity (Wildman–Crippen MR) is 77.7 cm³/mol. The summed E-state index contributed by atoms with van der Waals surface area (Å²) in [5.41, 5.74) is 8.39. The van der Waals surface area contributed by atoms with Crippen LogP contribution in [-0.4, -0.2) is 15.0 Å². The molecule has 0 bridgehead atoms. The Balaban J connectivity index is 1.86. The van der Waals surface area contributed by atoms with Gasteiger partial charge in [0.05, 0.1) is 11.2 Å². The third-order valence-corrected chi connectivity index (χ3v) is 3.74. The standard InChI is InChI=1S/C14H12N4S/c15-10-5-6-16-11(7-10)8-19-14-12-3-1-2-4-13(12)17-9-18-14/h1-7,9H,8H2,(H2,15,16). The van der Waals surface area contributed by atoms with Gasteiger partial charge in [0.2, 0.25) is 0 Å². The fourth-order valence-electron chi connectivity index (χ4n) is 1.81. The summed E-state index contributed by atoms with van der Waals surface area (Å²) in [6, 6.07) is 11.7. The number of nitrogens with two attached hydrogens (primary N) is 1. The highest BCUT2D eigenvalue weighted by molar-refractivity contribution is 7.98. The SMILES string of the molecule is Nc1ccnc(CSc2ncnc3ccccc23)c1. The second kappa shape index (κ2) is 5.24. The van der Waals surface area contributed by atoms with Gasteiger partial charge in [-0.15, -0.1) is 0 Å². The van der Waals surface area contributed by atoms with E-state index in [1.54, 1.807) is 30.4 Å². The lowest BCUT2D eigenvalue weighted by Gasteiger charge is -2.04. The van der Waals surface area contributed by atoms with Gasteiger partial charge < -0.3 is 5.73 Å². The lowest BCUT2D eigenvalue weighted by atomic mass is 10.2. The Morgan fingerprint density at radius 2 is 1.95 bits per heavy atom. The average molecular weight is 268 g/mol. The first-order chi connectivity index (χ1) is 9.33. The molecule has 0 aliphatic rings. The van der Waals surface area contributed by atoms with Gasteiger partial charge in [-0.05, 0) is 18.2 Å². The topological polar surface area (TPSA) is 64.7 Å². The molecule has 2 N–H and O–H groups in total. The Bertz CT molecular complexity index is 709. The average Bonchev–Trinajstić information content (AvgIpc) is 2.45. The van der Waals surface area contributed by atoms with E-state index in [4.69, 9.17) is 5.73 Å². The number of nitrogen functional groups attached to an aromatic ring is 1. The molecule has 3 aromatic rings. The van der Waals surface area contributed by atoms with Crippen LogP contribution in [0.25, 0.3) is 10.9 Å². The summed E-state index contributed by atoms with van der Waals surface area (Å²) in [5.74, 6) is 0.742. The molecule has 19 heavy (non-hydrogen) atoms. The molecular formula is C14H12N4S. The fraction of sp³-hybridized carbons (Fsp3) is 0.0714. The molecule has 2 heterocycles. The van der Waals surface area contributed by atoms with Gasteiger partial charge >= 0.3 is 0 Å². The second-order valence-corrected chi connectivity index (χ2v) is 5.03. The number of thioether (sulfide) groups is 1. The minimum absolute atomic E-state index is 0.734. The number of benzene rings is 1. The summed E-state index contributed by atoms with van der Waals surface area (Å²) in [4.78, 5) is 12.9. The first-order valence-electron chi connectivity index (χ1n) is 5.86. The third-order valence-electron chi connectivity index (χ3n) is 2.70. The molecule has 0 fully saturated rings. The molecule has 0 aliphatic carbocycles. The maximum absolute atomic E-state index is 5.74. The molecule has 1 aromatic carbocycles. The van der Waals surface area contributed by atoms with E-state index in [-0.39, 0.29) is 0 Å². The van der Waals surface area contributed by atoms with Gasteiger partial charge in [-0.25, -0.2) is 9.97 Å².